The van der Waals surface area contributed by atoms with E-state index >= 15 is 0 Å². The zero-order chi connectivity index (χ0) is 24.8. The Hall–Kier alpha value is -2.87. The summed E-state index contributed by atoms with van der Waals surface area (Å²) in [6.45, 7) is 2.94. The van der Waals surface area contributed by atoms with Gasteiger partial charge in [0, 0.05) is 25.2 Å². The van der Waals surface area contributed by atoms with E-state index in [1.54, 1.807) is 0 Å². The number of likely N-dealkylation sites (tertiary alicyclic amines) is 1. The molecule has 1 aromatic carbocycles. The molecule has 13 heteroatoms. The van der Waals surface area contributed by atoms with Crippen molar-refractivity contribution in [2.45, 2.75) is 38.6 Å². The molecule has 3 rings (SSSR count). The van der Waals surface area contributed by atoms with Gasteiger partial charge in [0.05, 0.1) is 12.2 Å². The summed E-state index contributed by atoms with van der Waals surface area (Å²) in [5.41, 5.74) is 5.32. The van der Waals surface area contributed by atoms with Crippen LogP contribution in [0.15, 0.2) is 12.1 Å². The fourth-order valence-electron chi connectivity index (χ4n) is 3.46. The lowest BCUT2D eigenvalue weighted by Gasteiger charge is -2.14. The maximum Gasteiger partial charge on any atom is 0.319 e. The van der Waals surface area contributed by atoms with Crippen LogP contribution in [0.5, 0.6) is 5.88 Å². The van der Waals surface area contributed by atoms with E-state index in [2.05, 4.69) is 15.0 Å². The average molecular weight is 500 g/mol. The molecular formula is C21H27F2N5O5S. The van der Waals surface area contributed by atoms with Crippen molar-refractivity contribution in [1.29, 1.82) is 0 Å². The zero-order valence-electron chi connectivity index (χ0n) is 18.5. The number of nitrogens with two attached hydrogens (primary N) is 1. The Labute approximate surface area is 198 Å². The normalized spacial score (nSPS) is 18.1. The van der Waals surface area contributed by atoms with Gasteiger partial charge in [0.25, 0.3) is 5.91 Å². The third-order valence-corrected chi connectivity index (χ3v) is 6.12. The van der Waals surface area contributed by atoms with Crippen molar-refractivity contribution in [2.24, 2.45) is 5.73 Å². The third-order valence-electron chi connectivity index (χ3n) is 5.38. The number of rotatable bonds is 10. The highest BCUT2D eigenvalue weighted by molar-refractivity contribution is 7.11. The molecule has 34 heavy (non-hydrogen) atoms. The number of aliphatic hydroxyl groups excluding tert-OH is 2. The quantitative estimate of drug-likeness (QED) is 0.310. The smallest absolute Gasteiger partial charge is 0.319 e. The van der Waals surface area contributed by atoms with Gasteiger partial charge in [-0.15, -0.1) is 0 Å². The van der Waals surface area contributed by atoms with E-state index in [4.69, 9.17) is 10.5 Å². The first-order valence-corrected chi connectivity index (χ1v) is 11.4. The molecule has 0 spiro atoms. The van der Waals surface area contributed by atoms with Gasteiger partial charge in [0.1, 0.15) is 17.2 Å². The molecule has 2 unspecified atom stereocenters. The number of nitrogens with zero attached hydrogens (tertiary/aromatic N) is 2. The van der Waals surface area contributed by atoms with Crippen molar-refractivity contribution in [3.05, 3.63) is 40.5 Å². The Morgan fingerprint density at radius 2 is 1.94 bits per heavy atom. The minimum Gasteiger partial charge on any atom is -0.471 e. The highest BCUT2D eigenvalue weighted by Crippen LogP contribution is 2.31. The summed E-state index contributed by atoms with van der Waals surface area (Å²) < 4.78 is 37.1. The van der Waals surface area contributed by atoms with Crippen molar-refractivity contribution in [3.8, 4) is 5.88 Å². The van der Waals surface area contributed by atoms with Crippen LogP contribution in [-0.4, -0.2) is 69.8 Å². The molecule has 2 atom stereocenters. The molecule has 3 amide bonds. The molecule has 1 fully saturated rings. The maximum absolute atomic E-state index is 14.0. The van der Waals surface area contributed by atoms with Crippen molar-refractivity contribution >= 4 is 28.5 Å². The number of halogens is 2. The number of benzene rings is 1. The van der Waals surface area contributed by atoms with Crippen molar-refractivity contribution in [2.75, 3.05) is 31.5 Å². The summed E-state index contributed by atoms with van der Waals surface area (Å²) in [5, 5.41) is 24.3. The number of anilines is 1. The first-order chi connectivity index (χ1) is 16.2. The number of aliphatic hydroxyl groups is 2. The zero-order valence-corrected chi connectivity index (χ0v) is 19.3. The van der Waals surface area contributed by atoms with E-state index in [0.29, 0.717) is 32.6 Å². The number of carbonyl (C=O) groups excluding carboxylic acids is 2. The lowest BCUT2D eigenvalue weighted by molar-refractivity contribution is 0.0572. The predicted octanol–water partition coefficient (Wildman–Crippen LogP) is 1.35. The molecule has 0 saturated carbocycles. The van der Waals surface area contributed by atoms with Crippen LogP contribution in [0.1, 0.15) is 34.3 Å². The van der Waals surface area contributed by atoms with Gasteiger partial charge < -0.3 is 26.0 Å². The maximum atomic E-state index is 14.0. The standard InChI is InChI=1S/C21H27F2N5O5S/c1-11-4-5-12(17(23)16(11)22)10-33-19-15(18(24)31)20(34-27-19)26-21(32)25-6-2-3-7-28-8-13(29)14(30)9-28/h4-5,13-14,29-30H,2-3,6-10H2,1H3,(H2,24,31)(H2,25,26,32). The number of aryl methyl sites for hydroxylation is 1. The average Bonchev–Trinajstić information content (AvgIpc) is 3.33. The number of primary amides is 1. The van der Waals surface area contributed by atoms with Gasteiger partial charge in [-0.3, -0.25) is 15.0 Å². The summed E-state index contributed by atoms with van der Waals surface area (Å²) in [7, 11) is 0. The van der Waals surface area contributed by atoms with Gasteiger partial charge in [0.15, 0.2) is 11.6 Å². The van der Waals surface area contributed by atoms with E-state index in [-0.39, 0.29) is 34.2 Å². The summed E-state index contributed by atoms with van der Waals surface area (Å²) in [5.74, 6) is -3.12. The van der Waals surface area contributed by atoms with Gasteiger partial charge in [-0.2, -0.15) is 4.37 Å². The second-order valence-corrected chi connectivity index (χ2v) is 8.77. The highest BCUT2D eigenvalue weighted by atomic mass is 32.1. The molecule has 0 radical (unpaired) electrons. The van der Waals surface area contributed by atoms with Crippen LogP contribution in [-0.2, 0) is 6.61 Å². The number of hydrogen-bond donors (Lipinski definition) is 5. The molecule has 10 nitrogen and oxygen atoms in total. The third kappa shape index (κ3) is 6.38. The van der Waals surface area contributed by atoms with Crippen molar-refractivity contribution in [1.82, 2.24) is 14.6 Å². The largest absolute Gasteiger partial charge is 0.471 e. The fraction of sp³-hybridized carbons (Fsp3) is 0.476. The van der Waals surface area contributed by atoms with Crippen LogP contribution < -0.4 is 21.1 Å². The van der Waals surface area contributed by atoms with Crippen LogP contribution in [0.3, 0.4) is 0 Å². The van der Waals surface area contributed by atoms with Gasteiger partial charge in [-0.1, -0.05) is 12.1 Å². The Balaban J connectivity index is 1.48. The number of aromatic nitrogens is 1. The topological polar surface area (TPSA) is 150 Å². The second kappa shape index (κ2) is 11.5. The highest BCUT2D eigenvalue weighted by Gasteiger charge is 2.28. The number of ether oxygens (including phenoxy) is 1. The molecule has 1 saturated heterocycles. The molecule has 0 bridgehead atoms. The molecular weight excluding hydrogens is 472 g/mol. The molecule has 2 heterocycles. The molecule has 1 aliphatic heterocycles. The van der Waals surface area contributed by atoms with Crippen LogP contribution in [0.25, 0.3) is 0 Å². The summed E-state index contributed by atoms with van der Waals surface area (Å²) >= 11 is 0.769. The van der Waals surface area contributed by atoms with Gasteiger partial charge in [-0.25, -0.2) is 13.6 Å². The van der Waals surface area contributed by atoms with Gasteiger partial charge in [-0.05, 0) is 43.4 Å². The van der Waals surface area contributed by atoms with Crippen LogP contribution in [0.2, 0.25) is 0 Å². The summed E-state index contributed by atoms with van der Waals surface area (Å²) in [6, 6.07) is 2.20. The van der Waals surface area contributed by atoms with Crippen molar-refractivity contribution in [3.63, 3.8) is 0 Å². The molecule has 186 valence electrons. The Kier molecular flexibility index (Phi) is 8.72. The lowest BCUT2D eigenvalue weighted by Crippen LogP contribution is -2.31. The second-order valence-electron chi connectivity index (χ2n) is 8.00. The van der Waals surface area contributed by atoms with Crippen LogP contribution in [0.4, 0.5) is 18.6 Å². The number of carbonyl (C=O) groups is 2. The SMILES string of the molecule is Cc1ccc(COc2nsc(NC(=O)NCCCCN3CC(O)C(O)C3)c2C(N)=O)c(F)c1F. The fourth-order valence-corrected chi connectivity index (χ4v) is 4.20. The van der Waals surface area contributed by atoms with Crippen LogP contribution >= 0.6 is 11.5 Å². The lowest BCUT2D eigenvalue weighted by atomic mass is 10.1. The number of nitrogens with one attached hydrogen (secondary N) is 2. The monoisotopic (exact) mass is 499 g/mol. The van der Waals surface area contributed by atoms with E-state index < -0.39 is 35.8 Å². The molecule has 1 aliphatic rings. The first-order valence-electron chi connectivity index (χ1n) is 10.7. The number of hydrogen-bond acceptors (Lipinski definition) is 8. The number of unbranched alkanes of at least 4 members (excludes halogenated alkanes) is 1. The first kappa shape index (κ1) is 25.7. The Bertz CT molecular complexity index is 1030. The summed E-state index contributed by atoms with van der Waals surface area (Å²) in [6.07, 6.45) is -0.0439. The van der Waals surface area contributed by atoms with E-state index in [0.717, 1.165) is 18.0 Å². The van der Waals surface area contributed by atoms with Gasteiger partial charge >= 0.3 is 6.03 Å². The number of β-amino-alcohol motifs (C(OH)–C–C–N with tert-alkyl or cyclic N) is 2. The van der Waals surface area contributed by atoms with E-state index in [9.17, 15) is 28.6 Å². The minimum atomic E-state index is -1.05. The van der Waals surface area contributed by atoms with E-state index in [1.165, 1.54) is 19.1 Å². The Morgan fingerprint density at radius 3 is 2.62 bits per heavy atom. The minimum absolute atomic E-state index is 0.0586. The van der Waals surface area contributed by atoms with Gasteiger partial charge in [0.2, 0.25) is 5.88 Å². The van der Waals surface area contributed by atoms with Crippen LogP contribution in [0, 0.1) is 18.6 Å². The Morgan fingerprint density at radius 1 is 1.24 bits per heavy atom. The molecule has 6 N–H and O–H groups in total. The molecule has 0 aliphatic carbocycles. The molecule has 1 aromatic heterocycles. The van der Waals surface area contributed by atoms with Crippen molar-refractivity contribution < 1.29 is 33.3 Å². The number of amides is 3. The predicted molar refractivity (Wildman–Crippen MR) is 121 cm³/mol. The molecule has 2 aromatic rings. The van der Waals surface area contributed by atoms with E-state index in [1.807, 2.05) is 4.90 Å². The number of urea groups is 1. The summed E-state index contributed by atoms with van der Waals surface area (Å²) in [4.78, 5) is 26.0.